The molecule has 1 heterocycles. The lowest BCUT2D eigenvalue weighted by molar-refractivity contribution is -0.137. The highest BCUT2D eigenvalue weighted by atomic mass is 35.5. The number of carbonyl (C=O) groups excluding carboxylic acids is 3. The molecule has 24 heavy (non-hydrogen) atoms. The van der Waals surface area contributed by atoms with Crippen LogP contribution >= 0.6 is 11.6 Å². The number of nitrogens with zero attached hydrogens (tertiary/aromatic N) is 1. The van der Waals surface area contributed by atoms with Gasteiger partial charge in [0.25, 0.3) is 0 Å². The average molecular weight is 353 g/mol. The Morgan fingerprint density at radius 2 is 2.21 bits per heavy atom. The Labute approximate surface area is 145 Å². The van der Waals surface area contributed by atoms with Gasteiger partial charge in [-0.05, 0) is 17.7 Å². The maximum atomic E-state index is 12.7. The van der Waals surface area contributed by atoms with E-state index in [4.69, 9.17) is 17.3 Å². The maximum absolute atomic E-state index is 12.7. The van der Waals surface area contributed by atoms with Crippen molar-refractivity contribution in [1.29, 1.82) is 0 Å². The van der Waals surface area contributed by atoms with E-state index in [9.17, 15) is 14.4 Å². The number of hydrogen-bond acceptors (Lipinski definition) is 4. The predicted molar refractivity (Wildman–Crippen MR) is 90.2 cm³/mol. The number of carbonyl (C=O) groups is 3. The highest BCUT2D eigenvalue weighted by Gasteiger charge is 2.31. The van der Waals surface area contributed by atoms with Crippen molar-refractivity contribution in [2.45, 2.75) is 25.4 Å². The van der Waals surface area contributed by atoms with Crippen LogP contribution in [0.2, 0.25) is 5.02 Å². The lowest BCUT2D eigenvalue weighted by atomic mass is 10.0. The largest absolute Gasteiger partial charge is 0.368 e. The van der Waals surface area contributed by atoms with Gasteiger partial charge in [0.05, 0.1) is 12.5 Å². The van der Waals surface area contributed by atoms with Crippen molar-refractivity contribution >= 4 is 29.3 Å². The molecule has 2 rings (SSSR count). The Kier molecular flexibility index (Phi) is 6.16. The van der Waals surface area contributed by atoms with E-state index in [1.165, 1.54) is 6.92 Å². The first kappa shape index (κ1) is 18.2. The van der Waals surface area contributed by atoms with Gasteiger partial charge in [0.1, 0.15) is 6.04 Å². The number of hydrogen-bond donors (Lipinski definition) is 3. The third-order valence-electron chi connectivity index (χ3n) is 3.90. The summed E-state index contributed by atoms with van der Waals surface area (Å²) >= 11 is 6.04. The van der Waals surface area contributed by atoms with Crippen LogP contribution in [0.4, 0.5) is 0 Å². The van der Waals surface area contributed by atoms with E-state index >= 15 is 0 Å². The molecule has 0 aliphatic carbocycles. The maximum Gasteiger partial charge on any atom is 0.240 e. The van der Waals surface area contributed by atoms with Crippen molar-refractivity contribution < 1.29 is 14.4 Å². The van der Waals surface area contributed by atoms with Crippen LogP contribution < -0.4 is 16.4 Å². The number of primary amides is 1. The van der Waals surface area contributed by atoms with Crippen molar-refractivity contribution in [2.75, 3.05) is 19.6 Å². The predicted octanol–water partition coefficient (Wildman–Crippen LogP) is 0.193. The van der Waals surface area contributed by atoms with Gasteiger partial charge in [0, 0.05) is 31.6 Å². The average Bonchev–Trinajstić information content (AvgIpc) is 2.53. The van der Waals surface area contributed by atoms with Crippen molar-refractivity contribution in [3.05, 3.63) is 34.9 Å². The fourth-order valence-corrected chi connectivity index (χ4v) is 2.97. The van der Waals surface area contributed by atoms with Gasteiger partial charge in [0.2, 0.25) is 17.7 Å². The van der Waals surface area contributed by atoms with Gasteiger partial charge in [0.15, 0.2) is 0 Å². The normalized spacial score (nSPS) is 18.8. The third kappa shape index (κ3) is 4.69. The fourth-order valence-electron chi connectivity index (χ4n) is 2.77. The van der Waals surface area contributed by atoms with E-state index in [0.717, 1.165) is 5.56 Å². The molecule has 7 nitrogen and oxygen atoms in total. The Balaban J connectivity index is 2.15. The molecule has 3 amide bonds. The molecule has 1 fully saturated rings. The summed E-state index contributed by atoms with van der Waals surface area (Å²) in [6, 6.07) is 6.13. The van der Waals surface area contributed by atoms with Crippen LogP contribution in [0.15, 0.2) is 24.3 Å². The number of halogens is 1. The Morgan fingerprint density at radius 1 is 1.46 bits per heavy atom. The van der Waals surface area contributed by atoms with Gasteiger partial charge < -0.3 is 21.3 Å². The van der Waals surface area contributed by atoms with Gasteiger partial charge in [-0.2, -0.15) is 0 Å². The SMILES string of the molecule is CC(=O)N[C@@H](CC(=O)N1CCNCC1c1cccc(Cl)c1)C(N)=O. The molecule has 0 saturated carbocycles. The minimum atomic E-state index is -1.01. The zero-order chi connectivity index (χ0) is 17.7. The second-order valence-electron chi connectivity index (χ2n) is 5.72. The Bertz CT molecular complexity index is 638. The van der Waals surface area contributed by atoms with Crippen LogP contribution in [-0.4, -0.2) is 48.3 Å². The number of amides is 3. The number of rotatable bonds is 5. The van der Waals surface area contributed by atoms with E-state index < -0.39 is 17.9 Å². The number of benzene rings is 1. The lowest BCUT2D eigenvalue weighted by Crippen LogP contribution is -2.52. The van der Waals surface area contributed by atoms with Gasteiger partial charge in [-0.1, -0.05) is 23.7 Å². The molecule has 0 aromatic heterocycles. The van der Waals surface area contributed by atoms with E-state index in [0.29, 0.717) is 24.7 Å². The minimum absolute atomic E-state index is 0.161. The first-order valence-electron chi connectivity index (χ1n) is 7.70. The van der Waals surface area contributed by atoms with Crippen LogP contribution in [0.5, 0.6) is 0 Å². The second-order valence-corrected chi connectivity index (χ2v) is 6.16. The minimum Gasteiger partial charge on any atom is -0.368 e. The molecule has 0 bridgehead atoms. The molecule has 130 valence electrons. The highest BCUT2D eigenvalue weighted by Crippen LogP contribution is 2.25. The van der Waals surface area contributed by atoms with Gasteiger partial charge in [-0.15, -0.1) is 0 Å². The second kappa shape index (κ2) is 8.12. The standard InChI is InChI=1S/C16H21ClN4O3/c1-10(22)20-13(16(18)24)8-15(23)21-6-5-19-9-14(21)11-3-2-4-12(17)7-11/h2-4,7,13-14,19H,5-6,8-9H2,1H3,(H2,18,24)(H,20,22)/t13-,14?/m0/s1. The first-order valence-corrected chi connectivity index (χ1v) is 8.08. The molecule has 1 aliphatic rings. The zero-order valence-electron chi connectivity index (χ0n) is 13.4. The summed E-state index contributed by atoms with van der Waals surface area (Å²) in [5.41, 5.74) is 6.19. The first-order chi connectivity index (χ1) is 11.4. The molecule has 1 saturated heterocycles. The molecule has 1 aromatic carbocycles. The van der Waals surface area contributed by atoms with Crippen molar-refractivity contribution in [3.8, 4) is 0 Å². The molecule has 0 radical (unpaired) electrons. The topological polar surface area (TPSA) is 105 Å². The fraction of sp³-hybridized carbons (Fsp3) is 0.438. The van der Waals surface area contributed by atoms with E-state index in [2.05, 4.69) is 10.6 Å². The molecular formula is C16H21ClN4O3. The lowest BCUT2D eigenvalue weighted by Gasteiger charge is -2.37. The van der Waals surface area contributed by atoms with Crippen LogP contribution in [0.3, 0.4) is 0 Å². The van der Waals surface area contributed by atoms with E-state index in [1.807, 2.05) is 18.2 Å². The summed E-state index contributed by atoms with van der Waals surface area (Å²) in [5, 5.41) is 6.26. The molecule has 2 atom stereocenters. The molecule has 1 unspecified atom stereocenters. The third-order valence-corrected chi connectivity index (χ3v) is 4.13. The summed E-state index contributed by atoms with van der Waals surface area (Å²) in [6.07, 6.45) is -0.161. The molecule has 1 aliphatic heterocycles. The number of piperazine rings is 1. The Morgan fingerprint density at radius 3 is 2.83 bits per heavy atom. The van der Waals surface area contributed by atoms with Crippen molar-refractivity contribution in [1.82, 2.24) is 15.5 Å². The summed E-state index contributed by atoms with van der Waals surface area (Å²) in [6.45, 7) is 3.03. The summed E-state index contributed by atoms with van der Waals surface area (Å²) in [4.78, 5) is 37.0. The van der Waals surface area contributed by atoms with Crippen molar-refractivity contribution in [2.24, 2.45) is 5.73 Å². The molecule has 1 aromatic rings. The van der Waals surface area contributed by atoms with Crippen LogP contribution in [-0.2, 0) is 14.4 Å². The van der Waals surface area contributed by atoms with Gasteiger partial charge in [-0.25, -0.2) is 0 Å². The molecule has 8 heteroatoms. The smallest absolute Gasteiger partial charge is 0.240 e. The number of nitrogens with two attached hydrogens (primary N) is 1. The molecular weight excluding hydrogens is 332 g/mol. The van der Waals surface area contributed by atoms with E-state index in [1.54, 1.807) is 11.0 Å². The van der Waals surface area contributed by atoms with Gasteiger partial charge >= 0.3 is 0 Å². The van der Waals surface area contributed by atoms with Crippen molar-refractivity contribution in [3.63, 3.8) is 0 Å². The van der Waals surface area contributed by atoms with Gasteiger partial charge in [-0.3, -0.25) is 14.4 Å². The zero-order valence-corrected chi connectivity index (χ0v) is 14.2. The number of nitrogens with one attached hydrogen (secondary N) is 2. The van der Waals surface area contributed by atoms with Crippen LogP contribution in [0.1, 0.15) is 24.9 Å². The summed E-state index contributed by atoms with van der Waals surface area (Å²) in [5.74, 6) is -1.37. The van der Waals surface area contributed by atoms with E-state index in [-0.39, 0.29) is 18.4 Å². The molecule has 0 spiro atoms. The summed E-state index contributed by atoms with van der Waals surface area (Å²) in [7, 11) is 0. The quantitative estimate of drug-likeness (QED) is 0.703. The molecule has 4 N–H and O–H groups in total. The Hall–Kier alpha value is -2.12. The summed E-state index contributed by atoms with van der Waals surface area (Å²) < 4.78 is 0. The highest BCUT2D eigenvalue weighted by molar-refractivity contribution is 6.30. The monoisotopic (exact) mass is 352 g/mol. The van der Waals surface area contributed by atoms with Crippen LogP contribution in [0, 0.1) is 0 Å². The van der Waals surface area contributed by atoms with Crippen LogP contribution in [0.25, 0.3) is 0 Å².